The molecule has 2 aromatic carbocycles. The number of amides is 1. The Morgan fingerprint density at radius 2 is 1.74 bits per heavy atom. The van der Waals surface area contributed by atoms with Gasteiger partial charge in [-0.2, -0.15) is 0 Å². The van der Waals surface area contributed by atoms with Crippen molar-refractivity contribution >= 4 is 5.91 Å². The maximum absolute atomic E-state index is 12.6. The second-order valence-corrected chi connectivity index (χ2v) is 6.16. The van der Waals surface area contributed by atoms with Gasteiger partial charge in [0.1, 0.15) is 12.7 Å². The summed E-state index contributed by atoms with van der Waals surface area (Å²) in [5, 5.41) is 3.04. The fraction of sp³-hybridized carbons (Fsp3) is 0.316. The molecule has 0 radical (unpaired) electrons. The van der Waals surface area contributed by atoms with E-state index < -0.39 is 0 Å². The molecule has 1 atom stereocenters. The third-order valence-electron chi connectivity index (χ3n) is 4.57. The van der Waals surface area contributed by atoms with Gasteiger partial charge in [0.15, 0.2) is 11.5 Å². The fourth-order valence-corrected chi connectivity index (χ4v) is 3.07. The van der Waals surface area contributed by atoms with Gasteiger partial charge in [-0.3, -0.25) is 4.79 Å². The molecular weight excluding hydrogens is 290 g/mol. The average Bonchev–Trinajstić information content (AvgIpc) is 3.42. The zero-order chi connectivity index (χ0) is 15.7. The number of para-hydroxylation sites is 2. The SMILES string of the molecule is O=C(NC[C@@H]1COc2ccccc2O1)C1(c2ccccc2)CC1. The minimum atomic E-state index is -0.339. The zero-order valence-corrected chi connectivity index (χ0v) is 12.8. The van der Waals surface area contributed by atoms with E-state index in [-0.39, 0.29) is 17.4 Å². The quantitative estimate of drug-likeness (QED) is 0.944. The van der Waals surface area contributed by atoms with Gasteiger partial charge >= 0.3 is 0 Å². The van der Waals surface area contributed by atoms with Crippen LogP contribution in [0.25, 0.3) is 0 Å². The maximum atomic E-state index is 12.6. The molecule has 0 saturated heterocycles. The number of nitrogens with one attached hydrogen (secondary N) is 1. The first-order valence-electron chi connectivity index (χ1n) is 8.00. The van der Waals surface area contributed by atoms with E-state index in [4.69, 9.17) is 9.47 Å². The lowest BCUT2D eigenvalue weighted by atomic mass is 9.95. The summed E-state index contributed by atoms with van der Waals surface area (Å²) < 4.78 is 11.6. The van der Waals surface area contributed by atoms with Crippen molar-refractivity contribution < 1.29 is 14.3 Å². The first kappa shape index (κ1) is 14.1. The molecule has 2 aliphatic rings. The fourth-order valence-electron chi connectivity index (χ4n) is 3.07. The van der Waals surface area contributed by atoms with Gasteiger partial charge in [0.2, 0.25) is 5.91 Å². The second-order valence-electron chi connectivity index (χ2n) is 6.16. The van der Waals surface area contributed by atoms with Gasteiger partial charge in [0.05, 0.1) is 12.0 Å². The van der Waals surface area contributed by atoms with Crippen LogP contribution >= 0.6 is 0 Å². The second kappa shape index (κ2) is 5.61. The molecule has 4 nitrogen and oxygen atoms in total. The first-order chi connectivity index (χ1) is 11.3. The van der Waals surface area contributed by atoms with Crippen LogP contribution in [0.1, 0.15) is 18.4 Å². The largest absolute Gasteiger partial charge is 0.486 e. The zero-order valence-electron chi connectivity index (χ0n) is 12.8. The van der Waals surface area contributed by atoms with Crippen molar-refractivity contribution in [3.05, 3.63) is 60.2 Å². The van der Waals surface area contributed by atoms with Gasteiger partial charge in [0.25, 0.3) is 0 Å². The number of hydrogen-bond acceptors (Lipinski definition) is 3. The van der Waals surface area contributed by atoms with Crippen LogP contribution in [0.3, 0.4) is 0 Å². The van der Waals surface area contributed by atoms with Crippen molar-refractivity contribution in [3.63, 3.8) is 0 Å². The molecule has 4 rings (SSSR count). The van der Waals surface area contributed by atoms with E-state index in [0.717, 1.165) is 29.9 Å². The van der Waals surface area contributed by atoms with Gasteiger partial charge in [-0.15, -0.1) is 0 Å². The normalized spacial score (nSPS) is 20.6. The highest BCUT2D eigenvalue weighted by Crippen LogP contribution is 2.48. The first-order valence-corrected chi connectivity index (χ1v) is 8.00. The number of carbonyl (C=O) groups excluding carboxylic acids is 1. The maximum Gasteiger partial charge on any atom is 0.230 e. The Morgan fingerprint density at radius 1 is 1.04 bits per heavy atom. The van der Waals surface area contributed by atoms with E-state index in [2.05, 4.69) is 5.32 Å². The highest BCUT2D eigenvalue weighted by atomic mass is 16.6. The van der Waals surface area contributed by atoms with Gasteiger partial charge in [-0.05, 0) is 30.5 Å². The lowest BCUT2D eigenvalue weighted by molar-refractivity contribution is -0.124. The van der Waals surface area contributed by atoms with E-state index >= 15 is 0 Å². The van der Waals surface area contributed by atoms with Crippen LogP contribution in [0.5, 0.6) is 11.5 Å². The summed E-state index contributed by atoms with van der Waals surface area (Å²) in [4.78, 5) is 12.6. The molecule has 0 unspecified atom stereocenters. The summed E-state index contributed by atoms with van der Waals surface area (Å²) in [6.07, 6.45) is 1.67. The van der Waals surface area contributed by atoms with E-state index in [9.17, 15) is 4.79 Å². The molecule has 1 N–H and O–H groups in total. The number of carbonyl (C=O) groups is 1. The van der Waals surface area contributed by atoms with Crippen LogP contribution in [-0.2, 0) is 10.2 Å². The molecule has 0 aromatic heterocycles. The summed E-state index contributed by atoms with van der Waals surface area (Å²) in [5.74, 6) is 1.59. The topological polar surface area (TPSA) is 47.6 Å². The molecule has 23 heavy (non-hydrogen) atoms. The molecular formula is C19H19NO3. The lowest BCUT2D eigenvalue weighted by Crippen LogP contribution is -2.44. The van der Waals surface area contributed by atoms with Gasteiger partial charge < -0.3 is 14.8 Å². The van der Waals surface area contributed by atoms with E-state index in [1.807, 2.05) is 54.6 Å². The Balaban J connectivity index is 1.38. The summed E-state index contributed by atoms with van der Waals surface area (Å²) in [6.45, 7) is 0.914. The van der Waals surface area contributed by atoms with Crippen molar-refractivity contribution in [2.45, 2.75) is 24.4 Å². The van der Waals surface area contributed by atoms with Crippen molar-refractivity contribution in [1.29, 1.82) is 0 Å². The number of rotatable bonds is 4. The Kier molecular flexibility index (Phi) is 3.45. The van der Waals surface area contributed by atoms with Gasteiger partial charge in [-0.1, -0.05) is 42.5 Å². The van der Waals surface area contributed by atoms with Crippen molar-refractivity contribution in [2.75, 3.05) is 13.2 Å². The number of fused-ring (bicyclic) bond motifs is 1. The lowest BCUT2D eigenvalue weighted by Gasteiger charge is -2.27. The van der Waals surface area contributed by atoms with Crippen LogP contribution in [0.2, 0.25) is 0 Å². The van der Waals surface area contributed by atoms with E-state index in [1.165, 1.54) is 0 Å². The average molecular weight is 309 g/mol. The van der Waals surface area contributed by atoms with Gasteiger partial charge in [-0.25, -0.2) is 0 Å². The number of ether oxygens (including phenoxy) is 2. The Morgan fingerprint density at radius 3 is 2.48 bits per heavy atom. The van der Waals surface area contributed by atoms with Gasteiger partial charge in [0, 0.05) is 0 Å². The highest BCUT2D eigenvalue weighted by Gasteiger charge is 2.51. The van der Waals surface area contributed by atoms with Crippen LogP contribution in [0.4, 0.5) is 0 Å². The number of benzene rings is 2. The molecule has 0 spiro atoms. The summed E-state index contributed by atoms with van der Waals surface area (Å²) in [7, 11) is 0. The predicted octanol–water partition coefficient (Wildman–Crippen LogP) is 2.67. The standard InChI is InChI=1S/C19H19NO3/c21-18(19(10-11-19)14-6-2-1-3-7-14)20-12-15-13-22-16-8-4-5-9-17(16)23-15/h1-9,15H,10-13H2,(H,20,21)/t15-/m1/s1. The third kappa shape index (κ3) is 2.65. The molecule has 1 saturated carbocycles. The molecule has 1 fully saturated rings. The molecule has 1 aliphatic carbocycles. The molecule has 1 amide bonds. The summed E-state index contributed by atoms with van der Waals surface area (Å²) in [5.41, 5.74) is 0.762. The molecule has 0 bridgehead atoms. The molecule has 1 heterocycles. The van der Waals surface area contributed by atoms with E-state index in [1.54, 1.807) is 0 Å². The monoisotopic (exact) mass is 309 g/mol. The minimum Gasteiger partial charge on any atom is -0.486 e. The van der Waals surface area contributed by atoms with Crippen LogP contribution in [0.15, 0.2) is 54.6 Å². The van der Waals surface area contributed by atoms with E-state index in [0.29, 0.717) is 13.2 Å². The molecule has 2 aromatic rings. The predicted molar refractivity (Wildman–Crippen MR) is 86.7 cm³/mol. The van der Waals surface area contributed by atoms with Crippen LogP contribution in [-0.4, -0.2) is 25.2 Å². The minimum absolute atomic E-state index is 0.0890. The highest BCUT2D eigenvalue weighted by molar-refractivity contribution is 5.91. The Bertz CT molecular complexity index is 710. The smallest absolute Gasteiger partial charge is 0.230 e. The molecule has 118 valence electrons. The number of hydrogen-bond donors (Lipinski definition) is 1. The summed E-state index contributed by atoms with van der Waals surface area (Å²) in [6, 6.07) is 17.6. The Labute approximate surface area is 135 Å². The molecule has 4 heteroatoms. The third-order valence-corrected chi connectivity index (χ3v) is 4.57. The summed E-state index contributed by atoms with van der Waals surface area (Å²) >= 11 is 0. The Hall–Kier alpha value is -2.49. The van der Waals surface area contributed by atoms with Crippen molar-refractivity contribution in [1.82, 2.24) is 5.32 Å². The van der Waals surface area contributed by atoms with Crippen LogP contribution < -0.4 is 14.8 Å². The van der Waals surface area contributed by atoms with Crippen molar-refractivity contribution in [2.24, 2.45) is 0 Å². The van der Waals surface area contributed by atoms with Crippen LogP contribution in [0, 0.1) is 0 Å². The van der Waals surface area contributed by atoms with Crippen molar-refractivity contribution in [3.8, 4) is 11.5 Å². The molecule has 1 aliphatic heterocycles.